The minimum absolute atomic E-state index is 0.0163. The lowest BCUT2D eigenvalue weighted by Crippen LogP contribution is -2.34. The lowest BCUT2D eigenvalue weighted by atomic mass is 10.2. The van der Waals surface area contributed by atoms with Crippen LogP contribution in [0.1, 0.15) is 19.4 Å². The monoisotopic (exact) mass is 251 g/mol. The number of hydrogen-bond donors (Lipinski definition) is 2. The lowest BCUT2D eigenvalue weighted by molar-refractivity contribution is -0.384. The number of hydrogen-bond acceptors (Lipinski definition) is 4. The van der Waals surface area contributed by atoms with Crippen molar-refractivity contribution in [3.63, 3.8) is 0 Å². The van der Waals surface area contributed by atoms with Gasteiger partial charge in [-0.1, -0.05) is 6.07 Å². The van der Waals surface area contributed by atoms with Crippen LogP contribution in [-0.4, -0.2) is 23.4 Å². The number of carbonyl (C=O) groups excluding carboxylic acids is 1. The molecular formula is C12H17N3O3. The van der Waals surface area contributed by atoms with Gasteiger partial charge in [-0.3, -0.25) is 14.9 Å². The maximum Gasteiger partial charge on any atom is 0.292 e. The average Bonchev–Trinajstić information content (AvgIpc) is 2.25. The van der Waals surface area contributed by atoms with Crippen molar-refractivity contribution in [2.45, 2.75) is 26.8 Å². The third kappa shape index (κ3) is 4.04. The number of amides is 1. The van der Waals surface area contributed by atoms with Gasteiger partial charge in [-0.2, -0.15) is 0 Å². The van der Waals surface area contributed by atoms with Gasteiger partial charge in [-0.05, 0) is 32.4 Å². The number of carbonyl (C=O) groups is 1. The maximum absolute atomic E-state index is 11.4. The van der Waals surface area contributed by atoms with Crippen LogP contribution in [0.25, 0.3) is 0 Å². The van der Waals surface area contributed by atoms with Crippen LogP contribution in [0.2, 0.25) is 0 Å². The summed E-state index contributed by atoms with van der Waals surface area (Å²) in [5.41, 5.74) is 1.23. The number of rotatable bonds is 5. The van der Waals surface area contributed by atoms with Crippen molar-refractivity contribution in [3.05, 3.63) is 33.9 Å². The maximum atomic E-state index is 11.4. The van der Waals surface area contributed by atoms with E-state index < -0.39 is 4.92 Å². The zero-order valence-corrected chi connectivity index (χ0v) is 10.7. The molecule has 1 aromatic rings. The molecule has 2 N–H and O–H groups in total. The van der Waals surface area contributed by atoms with Gasteiger partial charge in [0.2, 0.25) is 5.91 Å². The molecule has 0 unspecified atom stereocenters. The van der Waals surface area contributed by atoms with E-state index in [1.54, 1.807) is 12.1 Å². The molecule has 0 aromatic heterocycles. The molecule has 1 rings (SSSR count). The minimum Gasteiger partial charge on any atom is -0.371 e. The normalized spacial score (nSPS) is 10.2. The van der Waals surface area contributed by atoms with Crippen LogP contribution in [0.3, 0.4) is 0 Å². The van der Waals surface area contributed by atoms with Gasteiger partial charge >= 0.3 is 0 Å². The van der Waals surface area contributed by atoms with Crippen LogP contribution < -0.4 is 10.6 Å². The summed E-state index contributed by atoms with van der Waals surface area (Å²) in [5.74, 6) is -0.194. The molecule has 98 valence electrons. The third-order valence-electron chi connectivity index (χ3n) is 2.24. The second-order valence-electron chi connectivity index (χ2n) is 4.35. The first-order valence-electron chi connectivity index (χ1n) is 5.68. The van der Waals surface area contributed by atoms with Crippen LogP contribution in [0.4, 0.5) is 11.4 Å². The molecule has 1 amide bonds. The average molecular weight is 251 g/mol. The van der Waals surface area contributed by atoms with Crippen LogP contribution in [-0.2, 0) is 4.79 Å². The molecule has 0 saturated heterocycles. The molecule has 0 aliphatic carbocycles. The fourth-order valence-corrected chi connectivity index (χ4v) is 1.50. The molecule has 0 spiro atoms. The van der Waals surface area contributed by atoms with Gasteiger partial charge in [0.25, 0.3) is 5.69 Å². The van der Waals surface area contributed by atoms with Crippen molar-refractivity contribution >= 4 is 17.3 Å². The van der Waals surface area contributed by atoms with Gasteiger partial charge in [0.15, 0.2) is 0 Å². The molecule has 6 heteroatoms. The highest BCUT2D eigenvalue weighted by Gasteiger charge is 2.14. The Morgan fingerprint density at radius 2 is 2.11 bits per heavy atom. The zero-order chi connectivity index (χ0) is 13.7. The number of nitrogens with zero attached hydrogens (tertiary/aromatic N) is 1. The number of nitro groups is 1. The molecule has 0 saturated carbocycles. The quantitative estimate of drug-likeness (QED) is 0.617. The molecule has 18 heavy (non-hydrogen) atoms. The second kappa shape index (κ2) is 6.00. The van der Waals surface area contributed by atoms with Crippen LogP contribution in [0, 0.1) is 17.0 Å². The van der Waals surface area contributed by atoms with Crippen LogP contribution in [0.5, 0.6) is 0 Å². The Morgan fingerprint density at radius 1 is 1.44 bits per heavy atom. The van der Waals surface area contributed by atoms with Crippen LogP contribution in [0.15, 0.2) is 18.2 Å². The second-order valence-corrected chi connectivity index (χ2v) is 4.35. The number of aryl methyl sites for hydroxylation is 1. The van der Waals surface area contributed by atoms with E-state index >= 15 is 0 Å². The Morgan fingerprint density at radius 3 is 2.67 bits per heavy atom. The predicted molar refractivity (Wildman–Crippen MR) is 69.6 cm³/mol. The molecule has 0 aliphatic heterocycles. The van der Waals surface area contributed by atoms with Crippen molar-refractivity contribution in [3.8, 4) is 0 Å². The fraction of sp³-hybridized carbons (Fsp3) is 0.417. The van der Waals surface area contributed by atoms with Crippen molar-refractivity contribution in [1.29, 1.82) is 0 Å². The number of benzene rings is 1. The highest BCUT2D eigenvalue weighted by atomic mass is 16.6. The summed E-state index contributed by atoms with van der Waals surface area (Å²) < 4.78 is 0. The Balaban J connectivity index is 2.74. The Kier molecular flexibility index (Phi) is 4.65. The van der Waals surface area contributed by atoms with E-state index in [1.807, 2.05) is 20.8 Å². The van der Waals surface area contributed by atoms with E-state index in [0.717, 1.165) is 5.56 Å². The van der Waals surface area contributed by atoms with Gasteiger partial charge in [-0.15, -0.1) is 0 Å². The summed E-state index contributed by atoms with van der Waals surface area (Å²) in [4.78, 5) is 21.8. The van der Waals surface area contributed by atoms with Gasteiger partial charge in [0.05, 0.1) is 11.5 Å². The summed E-state index contributed by atoms with van der Waals surface area (Å²) in [6.07, 6.45) is 0. The van der Waals surface area contributed by atoms with Gasteiger partial charge < -0.3 is 10.6 Å². The van der Waals surface area contributed by atoms with Crippen molar-refractivity contribution in [2.75, 3.05) is 11.9 Å². The molecule has 0 aliphatic rings. The van der Waals surface area contributed by atoms with E-state index in [0.29, 0.717) is 5.69 Å². The number of nitrogens with one attached hydrogen (secondary N) is 2. The number of nitro benzene ring substituents is 1. The first-order valence-corrected chi connectivity index (χ1v) is 5.68. The molecular weight excluding hydrogens is 234 g/mol. The SMILES string of the molecule is Cc1ccc([N+](=O)[O-])c(NCC(=O)NC(C)C)c1. The first kappa shape index (κ1) is 14.0. The summed E-state index contributed by atoms with van der Waals surface area (Å²) in [6, 6.07) is 4.79. The minimum atomic E-state index is -0.470. The van der Waals surface area contributed by atoms with E-state index in [4.69, 9.17) is 0 Å². The Labute approximate surface area is 106 Å². The summed E-state index contributed by atoms with van der Waals surface area (Å²) >= 11 is 0. The van der Waals surface area contributed by atoms with E-state index in [1.165, 1.54) is 6.07 Å². The van der Waals surface area contributed by atoms with E-state index in [2.05, 4.69) is 10.6 Å². The van der Waals surface area contributed by atoms with Crippen molar-refractivity contribution in [2.24, 2.45) is 0 Å². The van der Waals surface area contributed by atoms with Gasteiger partial charge in [-0.25, -0.2) is 0 Å². The fourth-order valence-electron chi connectivity index (χ4n) is 1.50. The van der Waals surface area contributed by atoms with Crippen LogP contribution >= 0.6 is 0 Å². The highest BCUT2D eigenvalue weighted by Crippen LogP contribution is 2.24. The van der Waals surface area contributed by atoms with Gasteiger partial charge in [0.1, 0.15) is 5.69 Å². The largest absolute Gasteiger partial charge is 0.371 e. The summed E-state index contributed by atoms with van der Waals surface area (Å²) in [6.45, 7) is 5.56. The van der Waals surface area contributed by atoms with E-state index in [9.17, 15) is 14.9 Å². The van der Waals surface area contributed by atoms with Gasteiger partial charge in [0, 0.05) is 12.1 Å². The molecule has 0 radical (unpaired) electrons. The van der Waals surface area contributed by atoms with Crippen molar-refractivity contribution in [1.82, 2.24) is 5.32 Å². The summed E-state index contributed by atoms with van der Waals surface area (Å²) in [7, 11) is 0. The topological polar surface area (TPSA) is 84.3 Å². The first-order chi connectivity index (χ1) is 8.40. The Hall–Kier alpha value is -2.11. The van der Waals surface area contributed by atoms with Crippen molar-refractivity contribution < 1.29 is 9.72 Å². The zero-order valence-electron chi connectivity index (χ0n) is 10.7. The molecule has 0 fully saturated rings. The smallest absolute Gasteiger partial charge is 0.292 e. The molecule has 0 atom stereocenters. The highest BCUT2D eigenvalue weighted by molar-refractivity contribution is 5.82. The standard InChI is InChI=1S/C12H17N3O3/c1-8(2)14-12(16)7-13-10-6-9(3)4-5-11(10)15(17)18/h4-6,8,13H,7H2,1-3H3,(H,14,16). The molecule has 0 heterocycles. The molecule has 0 bridgehead atoms. The predicted octanol–water partition coefficient (Wildman–Crippen LogP) is 1.84. The summed E-state index contributed by atoms with van der Waals surface area (Å²) in [5, 5.41) is 16.3. The molecule has 6 nitrogen and oxygen atoms in total. The van der Waals surface area contributed by atoms with E-state index in [-0.39, 0.29) is 24.2 Å². The Bertz CT molecular complexity index is 458. The molecule has 1 aromatic carbocycles. The third-order valence-corrected chi connectivity index (χ3v) is 2.24. The lowest BCUT2D eigenvalue weighted by Gasteiger charge is -2.10. The number of anilines is 1.